The van der Waals surface area contributed by atoms with Gasteiger partial charge in [0.25, 0.3) is 0 Å². The summed E-state index contributed by atoms with van der Waals surface area (Å²) >= 11 is 3.41. The predicted molar refractivity (Wildman–Crippen MR) is 54.1 cm³/mol. The Morgan fingerprint density at radius 3 is 2.92 bits per heavy atom. The van der Waals surface area contributed by atoms with Crippen molar-refractivity contribution in [3.8, 4) is 11.3 Å². The third-order valence-electron chi connectivity index (χ3n) is 1.77. The number of hydrogen-bond donors (Lipinski definition) is 0. The molecule has 2 aromatic rings. The maximum Gasteiger partial charge on any atom is 0.116 e. The summed E-state index contributed by atoms with van der Waals surface area (Å²) in [6.07, 6.45) is 7.30. The zero-order chi connectivity index (χ0) is 9.26. The monoisotopic (exact) mass is 237 g/mol. The third kappa shape index (κ3) is 1.62. The topological polar surface area (TPSA) is 30.7 Å². The summed E-state index contributed by atoms with van der Waals surface area (Å²) in [5, 5.41) is 0. The van der Waals surface area contributed by atoms with Gasteiger partial charge in [0.05, 0.1) is 10.2 Å². The van der Waals surface area contributed by atoms with Crippen LogP contribution in [0.2, 0.25) is 0 Å². The number of rotatable bonds is 1. The molecule has 0 saturated heterocycles. The smallest absolute Gasteiger partial charge is 0.116 e. The van der Waals surface area contributed by atoms with Crippen molar-refractivity contribution in [3.05, 3.63) is 35.5 Å². The molecule has 0 unspecified atom stereocenters. The van der Waals surface area contributed by atoms with Gasteiger partial charge in [-0.25, -0.2) is 9.97 Å². The Labute approximate surface area is 84.6 Å². The molecule has 0 bridgehead atoms. The quantitative estimate of drug-likeness (QED) is 0.762. The molecule has 0 N–H and O–H groups in total. The van der Waals surface area contributed by atoms with Crippen LogP contribution in [0.4, 0.5) is 0 Å². The van der Waals surface area contributed by atoms with Gasteiger partial charge in [0, 0.05) is 31.2 Å². The van der Waals surface area contributed by atoms with E-state index in [4.69, 9.17) is 0 Å². The zero-order valence-corrected chi connectivity index (χ0v) is 8.69. The fourth-order valence-corrected chi connectivity index (χ4v) is 1.62. The molecule has 13 heavy (non-hydrogen) atoms. The molecule has 0 amide bonds. The molecular formula is C9H8BrN3. The second kappa shape index (κ2) is 3.30. The van der Waals surface area contributed by atoms with E-state index in [9.17, 15) is 0 Å². The lowest BCUT2D eigenvalue weighted by atomic mass is 10.2. The van der Waals surface area contributed by atoms with Crippen molar-refractivity contribution >= 4 is 15.9 Å². The second-order valence-electron chi connectivity index (χ2n) is 2.78. The van der Waals surface area contributed by atoms with Crippen LogP contribution < -0.4 is 0 Å². The van der Waals surface area contributed by atoms with E-state index in [0.29, 0.717) is 0 Å². The van der Waals surface area contributed by atoms with Gasteiger partial charge in [-0.1, -0.05) is 0 Å². The van der Waals surface area contributed by atoms with Crippen molar-refractivity contribution in [1.29, 1.82) is 0 Å². The van der Waals surface area contributed by atoms with E-state index in [1.165, 1.54) is 0 Å². The molecule has 0 atom stereocenters. The molecule has 0 aliphatic heterocycles. The molecule has 0 aliphatic carbocycles. The van der Waals surface area contributed by atoms with Crippen LogP contribution in [0.5, 0.6) is 0 Å². The first kappa shape index (κ1) is 8.44. The number of aryl methyl sites for hydroxylation is 1. The summed E-state index contributed by atoms with van der Waals surface area (Å²) in [6, 6.07) is 2.02. The van der Waals surface area contributed by atoms with E-state index >= 15 is 0 Å². The second-order valence-corrected chi connectivity index (χ2v) is 3.64. The largest absolute Gasteiger partial charge is 0.357 e. The first-order valence-corrected chi connectivity index (χ1v) is 4.64. The number of aromatic nitrogens is 3. The third-order valence-corrected chi connectivity index (χ3v) is 2.35. The molecule has 3 nitrogen and oxygen atoms in total. The van der Waals surface area contributed by atoms with Gasteiger partial charge in [-0.2, -0.15) is 0 Å². The van der Waals surface area contributed by atoms with Crippen molar-refractivity contribution in [3.63, 3.8) is 0 Å². The Bertz CT molecular complexity index is 422. The number of nitrogens with zero attached hydrogens (tertiary/aromatic N) is 3. The van der Waals surface area contributed by atoms with Gasteiger partial charge in [0.15, 0.2) is 0 Å². The van der Waals surface area contributed by atoms with Crippen LogP contribution in [0.1, 0.15) is 0 Å². The minimum Gasteiger partial charge on any atom is -0.357 e. The summed E-state index contributed by atoms with van der Waals surface area (Å²) in [5.74, 6) is 0. The Hall–Kier alpha value is -1.16. The van der Waals surface area contributed by atoms with Crippen molar-refractivity contribution in [2.24, 2.45) is 7.05 Å². The fraction of sp³-hybridized carbons (Fsp3) is 0.111. The van der Waals surface area contributed by atoms with E-state index < -0.39 is 0 Å². The molecule has 0 saturated carbocycles. The summed E-state index contributed by atoms with van der Waals surface area (Å²) in [5.41, 5.74) is 2.02. The van der Waals surface area contributed by atoms with Gasteiger partial charge in [-0.05, 0) is 22.0 Å². The molecule has 2 heterocycles. The lowest BCUT2D eigenvalue weighted by Gasteiger charge is -1.97. The van der Waals surface area contributed by atoms with Crippen LogP contribution in [0.3, 0.4) is 0 Å². The fourth-order valence-electron chi connectivity index (χ4n) is 1.17. The highest BCUT2D eigenvalue weighted by molar-refractivity contribution is 9.10. The normalized spacial score (nSPS) is 10.3. The summed E-state index contributed by atoms with van der Waals surface area (Å²) < 4.78 is 2.91. The van der Waals surface area contributed by atoms with E-state index in [1.807, 2.05) is 30.1 Å². The van der Waals surface area contributed by atoms with Gasteiger partial charge in [-0.3, -0.25) is 0 Å². The van der Waals surface area contributed by atoms with Gasteiger partial charge < -0.3 is 4.57 Å². The molecule has 2 aromatic heterocycles. The van der Waals surface area contributed by atoms with Crippen LogP contribution in [0.25, 0.3) is 11.3 Å². The average molecular weight is 238 g/mol. The maximum atomic E-state index is 4.19. The zero-order valence-electron chi connectivity index (χ0n) is 7.11. The Morgan fingerprint density at radius 2 is 2.31 bits per heavy atom. The van der Waals surface area contributed by atoms with E-state index in [-0.39, 0.29) is 0 Å². The van der Waals surface area contributed by atoms with E-state index in [1.54, 1.807) is 12.5 Å². The van der Waals surface area contributed by atoms with E-state index in [2.05, 4.69) is 25.9 Å². The summed E-state index contributed by atoms with van der Waals surface area (Å²) in [4.78, 5) is 8.10. The van der Waals surface area contributed by atoms with Gasteiger partial charge in [0.2, 0.25) is 0 Å². The first-order valence-electron chi connectivity index (χ1n) is 3.85. The molecule has 2 rings (SSSR count). The lowest BCUT2D eigenvalue weighted by molar-refractivity contribution is 0.928. The van der Waals surface area contributed by atoms with Crippen molar-refractivity contribution in [2.45, 2.75) is 0 Å². The van der Waals surface area contributed by atoms with Crippen LogP contribution in [-0.4, -0.2) is 14.5 Å². The average Bonchev–Trinajstić information content (AvgIpc) is 2.53. The first-order chi connectivity index (χ1) is 6.27. The molecule has 0 aromatic carbocycles. The van der Waals surface area contributed by atoms with Crippen molar-refractivity contribution in [2.75, 3.05) is 0 Å². The molecule has 0 radical (unpaired) electrons. The number of halogens is 1. The minimum atomic E-state index is 0.918. The molecule has 4 heteroatoms. The molecule has 0 spiro atoms. The van der Waals surface area contributed by atoms with Crippen molar-refractivity contribution in [1.82, 2.24) is 14.5 Å². The lowest BCUT2D eigenvalue weighted by Crippen LogP contribution is -1.85. The molecule has 0 aliphatic rings. The van der Waals surface area contributed by atoms with Gasteiger partial charge in [-0.15, -0.1) is 0 Å². The maximum absolute atomic E-state index is 4.19. The van der Waals surface area contributed by atoms with Crippen molar-refractivity contribution < 1.29 is 0 Å². The highest BCUT2D eigenvalue weighted by atomic mass is 79.9. The summed E-state index contributed by atoms with van der Waals surface area (Å²) in [6.45, 7) is 0. The minimum absolute atomic E-state index is 0.918. The summed E-state index contributed by atoms with van der Waals surface area (Å²) in [7, 11) is 1.98. The van der Waals surface area contributed by atoms with Crippen LogP contribution in [0.15, 0.2) is 35.5 Å². The SMILES string of the molecule is Cn1ccc(-c2ncncc2Br)c1. The molecule has 66 valence electrons. The molecule has 0 fully saturated rings. The Balaban J connectivity index is 2.52. The van der Waals surface area contributed by atoms with Gasteiger partial charge in [0.1, 0.15) is 6.33 Å². The standard InChI is InChI=1S/C9H8BrN3/c1-13-3-2-7(5-13)9-8(10)4-11-6-12-9/h2-6H,1H3. The molecular weight excluding hydrogens is 230 g/mol. The van der Waals surface area contributed by atoms with E-state index in [0.717, 1.165) is 15.7 Å². The van der Waals surface area contributed by atoms with Gasteiger partial charge >= 0.3 is 0 Å². The van der Waals surface area contributed by atoms with Crippen LogP contribution in [-0.2, 0) is 7.05 Å². The Kier molecular flexibility index (Phi) is 2.14. The highest BCUT2D eigenvalue weighted by Crippen LogP contribution is 2.24. The van der Waals surface area contributed by atoms with Crippen LogP contribution in [0, 0.1) is 0 Å². The predicted octanol–water partition coefficient (Wildman–Crippen LogP) is 2.24. The van der Waals surface area contributed by atoms with Crippen LogP contribution >= 0.6 is 15.9 Å². The highest BCUT2D eigenvalue weighted by Gasteiger charge is 2.04. The Morgan fingerprint density at radius 1 is 1.46 bits per heavy atom. The number of hydrogen-bond acceptors (Lipinski definition) is 2.